The average molecular weight is 470 g/mol. The first-order chi connectivity index (χ1) is 16.9. The maximum absolute atomic E-state index is 12.0. The van der Waals surface area contributed by atoms with Gasteiger partial charge in [0, 0.05) is 17.8 Å². The molecule has 0 aliphatic rings. The van der Waals surface area contributed by atoms with Crippen molar-refractivity contribution in [2.45, 2.75) is 77.7 Å². The van der Waals surface area contributed by atoms with Crippen LogP contribution in [0.2, 0.25) is 0 Å². The first-order valence-corrected chi connectivity index (χ1v) is 12.9. The minimum atomic E-state index is -0.492. The number of carbonyl (C=O) groups excluding carboxylic acids is 1. The molecule has 0 atom stereocenters. The molecule has 0 N–H and O–H groups in total. The summed E-state index contributed by atoms with van der Waals surface area (Å²) < 4.78 is 5.36. The standard InChI is InChI=1S/C32H39NO2/c1-32(2,3)35-30(34)23-22-27-18-13-20-29(25-27)31-28(21-14-24-33-31)19-12-7-5-4-6-9-15-26-16-10-8-11-17-26/h8,10-11,13-14,16-18,20-25H,4-7,9,12,15,19H2,1-3H3/b23-22+. The van der Waals surface area contributed by atoms with Crippen molar-refractivity contribution in [2.75, 3.05) is 0 Å². The van der Waals surface area contributed by atoms with E-state index in [0.29, 0.717) is 0 Å². The smallest absolute Gasteiger partial charge is 0.331 e. The number of esters is 1. The van der Waals surface area contributed by atoms with Gasteiger partial charge < -0.3 is 4.74 Å². The highest BCUT2D eigenvalue weighted by molar-refractivity contribution is 5.87. The lowest BCUT2D eigenvalue weighted by Gasteiger charge is -2.17. The number of hydrogen-bond donors (Lipinski definition) is 0. The van der Waals surface area contributed by atoms with Crippen LogP contribution in [0.15, 0.2) is 79.0 Å². The monoisotopic (exact) mass is 469 g/mol. The Balaban J connectivity index is 1.47. The lowest BCUT2D eigenvalue weighted by Crippen LogP contribution is -2.22. The highest BCUT2D eigenvalue weighted by Gasteiger charge is 2.14. The fraction of sp³-hybridized carbons (Fsp3) is 0.375. The van der Waals surface area contributed by atoms with Gasteiger partial charge in [0.25, 0.3) is 0 Å². The molecule has 0 amide bonds. The summed E-state index contributed by atoms with van der Waals surface area (Å²) in [6.45, 7) is 5.61. The largest absolute Gasteiger partial charge is 0.457 e. The molecule has 3 rings (SSSR count). The van der Waals surface area contributed by atoms with Gasteiger partial charge in [-0.3, -0.25) is 4.98 Å². The van der Waals surface area contributed by atoms with Gasteiger partial charge in [-0.15, -0.1) is 0 Å². The summed E-state index contributed by atoms with van der Waals surface area (Å²) >= 11 is 0. The van der Waals surface area contributed by atoms with E-state index in [4.69, 9.17) is 4.74 Å². The van der Waals surface area contributed by atoms with E-state index in [9.17, 15) is 4.79 Å². The van der Waals surface area contributed by atoms with E-state index in [1.807, 2.05) is 45.2 Å². The normalized spacial score (nSPS) is 11.6. The van der Waals surface area contributed by atoms with Gasteiger partial charge in [0.1, 0.15) is 5.60 Å². The second kappa shape index (κ2) is 13.6. The number of aryl methyl sites for hydroxylation is 2. The van der Waals surface area contributed by atoms with Crippen LogP contribution in [0.3, 0.4) is 0 Å². The second-order valence-corrected chi connectivity index (χ2v) is 10.1. The number of aromatic nitrogens is 1. The van der Waals surface area contributed by atoms with Crippen molar-refractivity contribution in [3.05, 3.63) is 95.7 Å². The molecular weight excluding hydrogens is 430 g/mol. The van der Waals surface area contributed by atoms with Crippen LogP contribution in [-0.2, 0) is 22.4 Å². The summed E-state index contributed by atoms with van der Waals surface area (Å²) in [6, 6.07) is 23.2. The number of benzene rings is 2. The third-order valence-corrected chi connectivity index (χ3v) is 5.87. The molecule has 0 radical (unpaired) electrons. The van der Waals surface area contributed by atoms with E-state index < -0.39 is 5.60 Å². The molecule has 3 nitrogen and oxygen atoms in total. The van der Waals surface area contributed by atoms with E-state index in [-0.39, 0.29) is 5.97 Å². The molecule has 2 aromatic carbocycles. The molecule has 3 aromatic rings. The molecule has 1 aromatic heterocycles. The van der Waals surface area contributed by atoms with Gasteiger partial charge in [-0.25, -0.2) is 4.79 Å². The molecule has 0 bridgehead atoms. The zero-order valence-corrected chi connectivity index (χ0v) is 21.5. The van der Waals surface area contributed by atoms with Crippen LogP contribution in [0.5, 0.6) is 0 Å². The van der Waals surface area contributed by atoms with Crippen LogP contribution >= 0.6 is 0 Å². The zero-order chi connectivity index (χ0) is 24.9. The van der Waals surface area contributed by atoms with Crippen molar-refractivity contribution in [3.8, 4) is 11.3 Å². The zero-order valence-electron chi connectivity index (χ0n) is 21.5. The van der Waals surface area contributed by atoms with Crippen LogP contribution in [0.1, 0.15) is 76.0 Å². The Morgan fingerprint density at radius 2 is 1.54 bits per heavy atom. The van der Waals surface area contributed by atoms with Crippen molar-refractivity contribution in [2.24, 2.45) is 0 Å². The SMILES string of the molecule is CC(C)(C)OC(=O)/C=C/c1cccc(-c2ncccc2CCCCCCCCc2ccccc2)c1. The molecule has 1 heterocycles. The molecule has 0 aliphatic carbocycles. The molecule has 0 fully saturated rings. The molecular formula is C32H39NO2. The first kappa shape index (κ1) is 26.4. The number of rotatable bonds is 12. The Bertz CT molecular complexity index is 1080. The van der Waals surface area contributed by atoms with Gasteiger partial charge in [0.15, 0.2) is 0 Å². The fourth-order valence-corrected chi connectivity index (χ4v) is 4.19. The number of carbonyl (C=O) groups is 1. The number of hydrogen-bond acceptors (Lipinski definition) is 3. The van der Waals surface area contributed by atoms with E-state index >= 15 is 0 Å². The lowest BCUT2D eigenvalue weighted by atomic mass is 9.98. The van der Waals surface area contributed by atoms with Gasteiger partial charge in [-0.1, -0.05) is 80.3 Å². The first-order valence-electron chi connectivity index (χ1n) is 12.9. The maximum Gasteiger partial charge on any atom is 0.331 e. The molecule has 35 heavy (non-hydrogen) atoms. The Labute approximate surface area is 211 Å². The molecule has 0 aliphatic heterocycles. The minimum Gasteiger partial charge on any atom is -0.457 e. The van der Waals surface area contributed by atoms with Gasteiger partial charge in [-0.05, 0) is 81.4 Å². The third-order valence-electron chi connectivity index (χ3n) is 5.87. The Morgan fingerprint density at radius 3 is 2.29 bits per heavy atom. The van der Waals surface area contributed by atoms with Crippen LogP contribution in [0.4, 0.5) is 0 Å². The van der Waals surface area contributed by atoms with Gasteiger partial charge in [0.05, 0.1) is 5.69 Å². The highest BCUT2D eigenvalue weighted by Crippen LogP contribution is 2.24. The minimum absolute atomic E-state index is 0.332. The maximum atomic E-state index is 12.0. The van der Waals surface area contributed by atoms with Gasteiger partial charge >= 0.3 is 5.97 Å². The molecule has 3 heteroatoms. The van der Waals surface area contributed by atoms with Crippen LogP contribution in [-0.4, -0.2) is 16.6 Å². The number of nitrogens with zero attached hydrogens (tertiary/aromatic N) is 1. The lowest BCUT2D eigenvalue weighted by molar-refractivity contribution is -0.148. The van der Waals surface area contributed by atoms with Gasteiger partial charge in [0.2, 0.25) is 0 Å². The summed E-state index contributed by atoms with van der Waals surface area (Å²) in [5.41, 5.74) is 5.30. The summed E-state index contributed by atoms with van der Waals surface area (Å²) in [4.78, 5) is 16.7. The highest BCUT2D eigenvalue weighted by atomic mass is 16.6. The Morgan fingerprint density at radius 1 is 0.829 bits per heavy atom. The summed E-state index contributed by atoms with van der Waals surface area (Å²) in [5, 5.41) is 0. The molecule has 0 saturated carbocycles. The number of pyridine rings is 1. The topological polar surface area (TPSA) is 39.2 Å². The van der Waals surface area contributed by atoms with Gasteiger partial charge in [-0.2, -0.15) is 0 Å². The predicted molar refractivity (Wildman–Crippen MR) is 146 cm³/mol. The second-order valence-electron chi connectivity index (χ2n) is 10.1. The summed E-state index contributed by atoms with van der Waals surface area (Å²) in [7, 11) is 0. The third kappa shape index (κ3) is 9.90. The van der Waals surface area contributed by atoms with E-state index in [0.717, 1.165) is 23.2 Å². The molecule has 0 spiro atoms. The van der Waals surface area contributed by atoms with Crippen molar-refractivity contribution in [1.82, 2.24) is 4.98 Å². The van der Waals surface area contributed by atoms with Crippen molar-refractivity contribution < 1.29 is 9.53 Å². The summed E-state index contributed by atoms with van der Waals surface area (Å²) in [5.74, 6) is -0.332. The van der Waals surface area contributed by atoms with Crippen molar-refractivity contribution in [3.63, 3.8) is 0 Å². The molecule has 184 valence electrons. The van der Waals surface area contributed by atoms with Crippen LogP contribution in [0.25, 0.3) is 17.3 Å². The Hall–Kier alpha value is -3.20. The summed E-state index contributed by atoms with van der Waals surface area (Å²) in [6.07, 6.45) is 15.0. The quantitative estimate of drug-likeness (QED) is 0.152. The van der Waals surface area contributed by atoms with Crippen LogP contribution < -0.4 is 0 Å². The van der Waals surface area contributed by atoms with Crippen molar-refractivity contribution in [1.29, 1.82) is 0 Å². The van der Waals surface area contributed by atoms with E-state index in [1.54, 1.807) is 6.08 Å². The van der Waals surface area contributed by atoms with Crippen LogP contribution in [0, 0.1) is 0 Å². The van der Waals surface area contributed by atoms with E-state index in [1.165, 1.54) is 62.1 Å². The van der Waals surface area contributed by atoms with Crippen molar-refractivity contribution >= 4 is 12.0 Å². The molecule has 0 saturated heterocycles. The molecule has 0 unspecified atom stereocenters. The Kier molecular flexibility index (Phi) is 10.3. The predicted octanol–water partition coefficient (Wildman–Crippen LogP) is 8.23. The fourth-order valence-electron chi connectivity index (χ4n) is 4.19. The number of unbranched alkanes of at least 4 members (excludes halogenated alkanes) is 5. The van der Waals surface area contributed by atoms with E-state index in [2.05, 4.69) is 53.5 Å². The number of ether oxygens (including phenoxy) is 1. The average Bonchev–Trinajstić information content (AvgIpc) is 2.84.